The highest BCUT2D eigenvalue weighted by atomic mass is 32.1. The van der Waals surface area contributed by atoms with E-state index in [-0.39, 0.29) is 6.03 Å². The summed E-state index contributed by atoms with van der Waals surface area (Å²) in [4.78, 5) is 13.9. The van der Waals surface area contributed by atoms with Gasteiger partial charge in [0.05, 0.1) is 0 Å². The van der Waals surface area contributed by atoms with E-state index in [9.17, 15) is 4.79 Å². The standard InChI is InChI=1S/C19H20N2OS/c1-21(13-15-7-3-2-4-8-15)19(22)20-12-11-16-14-23-18-10-6-5-9-17(16)18/h2-10,14H,11-13H2,1H3,(H,20,22). The molecule has 118 valence electrons. The van der Waals surface area contributed by atoms with Crippen molar-refractivity contribution in [3.63, 3.8) is 0 Å². The SMILES string of the molecule is CN(Cc1ccccc1)C(=O)NCCc1csc2ccccc12. The Morgan fingerprint density at radius 1 is 1.09 bits per heavy atom. The fraction of sp³-hybridized carbons (Fsp3) is 0.211. The van der Waals surface area contributed by atoms with Gasteiger partial charge in [-0.25, -0.2) is 4.79 Å². The molecule has 2 aromatic carbocycles. The van der Waals surface area contributed by atoms with E-state index in [4.69, 9.17) is 0 Å². The second-order valence-corrected chi connectivity index (χ2v) is 6.49. The van der Waals surface area contributed by atoms with Crippen molar-refractivity contribution in [2.24, 2.45) is 0 Å². The molecule has 3 rings (SSSR count). The molecule has 0 radical (unpaired) electrons. The van der Waals surface area contributed by atoms with Crippen LogP contribution in [0.1, 0.15) is 11.1 Å². The van der Waals surface area contributed by atoms with Crippen LogP contribution in [-0.2, 0) is 13.0 Å². The molecule has 1 N–H and O–H groups in total. The topological polar surface area (TPSA) is 32.3 Å². The van der Waals surface area contributed by atoms with E-state index < -0.39 is 0 Å². The Hall–Kier alpha value is -2.33. The number of rotatable bonds is 5. The predicted molar refractivity (Wildman–Crippen MR) is 96.8 cm³/mol. The molecule has 1 heterocycles. The third-order valence-corrected chi connectivity index (χ3v) is 4.85. The number of benzene rings is 2. The molecule has 3 aromatic rings. The molecular formula is C19H20N2OS. The van der Waals surface area contributed by atoms with Gasteiger partial charge in [0, 0.05) is 24.8 Å². The van der Waals surface area contributed by atoms with Crippen LogP contribution in [0.4, 0.5) is 4.79 Å². The number of carbonyl (C=O) groups is 1. The molecule has 0 fully saturated rings. The summed E-state index contributed by atoms with van der Waals surface area (Å²) in [6, 6.07) is 18.4. The van der Waals surface area contributed by atoms with Gasteiger partial charge >= 0.3 is 6.03 Å². The number of nitrogens with zero attached hydrogens (tertiary/aromatic N) is 1. The second-order valence-electron chi connectivity index (χ2n) is 5.58. The van der Waals surface area contributed by atoms with Crippen LogP contribution in [-0.4, -0.2) is 24.5 Å². The van der Waals surface area contributed by atoms with Gasteiger partial charge in [-0.15, -0.1) is 11.3 Å². The lowest BCUT2D eigenvalue weighted by atomic mass is 10.1. The van der Waals surface area contributed by atoms with E-state index in [1.807, 2.05) is 37.4 Å². The Kier molecular flexibility index (Phi) is 4.93. The summed E-state index contributed by atoms with van der Waals surface area (Å²) in [5.41, 5.74) is 2.44. The number of hydrogen-bond donors (Lipinski definition) is 1. The Morgan fingerprint density at radius 3 is 2.65 bits per heavy atom. The van der Waals surface area contributed by atoms with Crippen molar-refractivity contribution in [1.82, 2.24) is 10.2 Å². The van der Waals surface area contributed by atoms with Gasteiger partial charge in [0.15, 0.2) is 0 Å². The van der Waals surface area contributed by atoms with E-state index in [0.29, 0.717) is 13.1 Å². The van der Waals surface area contributed by atoms with Crippen molar-refractivity contribution in [3.8, 4) is 0 Å². The molecule has 0 unspecified atom stereocenters. The average molecular weight is 324 g/mol. The number of amides is 2. The van der Waals surface area contributed by atoms with Crippen molar-refractivity contribution in [3.05, 3.63) is 71.1 Å². The smallest absolute Gasteiger partial charge is 0.317 e. The minimum absolute atomic E-state index is 0.0339. The van der Waals surface area contributed by atoms with Crippen molar-refractivity contribution < 1.29 is 4.79 Å². The highest BCUT2D eigenvalue weighted by molar-refractivity contribution is 7.17. The van der Waals surface area contributed by atoms with Crippen molar-refractivity contribution in [1.29, 1.82) is 0 Å². The lowest BCUT2D eigenvalue weighted by molar-refractivity contribution is 0.207. The fourth-order valence-corrected chi connectivity index (χ4v) is 3.59. The van der Waals surface area contributed by atoms with Crippen molar-refractivity contribution >= 4 is 27.5 Å². The van der Waals surface area contributed by atoms with Crippen LogP contribution in [0.5, 0.6) is 0 Å². The van der Waals surface area contributed by atoms with Crippen LogP contribution in [0, 0.1) is 0 Å². The van der Waals surface area contributed by atoms with Gasteiger partial charge in [-0.2, -0.15) is 0 Å². The average Bonchev–Trinajstić information content (AvgIpc) is 2.99. The molecule has 0 saturated carbocycles. The summed E-state index contributed by atoms with van der Waals surface area (Å²) in [6.45, 7) is 1.27. The summed E-state index contributed by atoms with van der Waals surface area (Å²) in [5, 5.41) is 6.48. The molecule has 3 nitrogen and oxygen atoms in total. The molecule has 0 spiro atoms. The van der Waals surface area contributed by atoms with E-state index >= 15 is 0 Å². The Bertz CT molecular complexity index is 782. The van der Waals surface area contributed by atoms with Crippen LogP contribution in [0.3, 0.4) is 0 Å². The van der Waals surface area contributed by atoms with Gasteiger partial charge in [0.1, 0.15) is 0 Å². The van der Waals surface area contributed by atoms with E-state index in [0.717, 1.165) is 12.0 Å². The molecule has 0 aliphatic heterocycles. The normalized spacial score (nSPS) is 10.7. The van der Waals surface area contributed by atoms with Crippen LogP contribution in [0.25, 0.3) is 10.1 Å². The molecule has 0 aliphatic carbocycles. The second kappa shape index (κ2) is 7.29. The highest BCUT2D eigenvalue weighted by Gasteiger charge is 2.09. The molecule has 4 heteroatoms. The Balaban J connectivity index is 1.51. The van der Waals surface area contributed by atoms with Gasteiger partial charge in [-0.1, -0.05) is 48.5 Å². The molecule has 0 saturated heterocycles. The first-order chi connectivity index (χ1) is 11.2. The van der Waals surface area contributed by atoms with Gasteiger partial charge < -0.3 is 10.2 Å². The molecule has 0 atom stereocenters. The summed E-state index contributed by atoms with van der Waals surface area (Å²) in [6.07, 6.45) is 0.856. The zero-order chi connectivity index (χ0) is 16.1. The molecule has 1 aromatic heterocycles. The molecule has 2 amide bonds. The highest BCUT2D eigenvalue weighted by Crippen LogP contribution is 2.25. The van der Waals surface area contributed by atoms with Gasteiger partial charge in [-0.05, 0) is 34.4 Å². The summed E-state index contributed by atoms with van der Waals surface area (Å²) in [7, 11) is 1.82. The fourth-order valence-electron chi connectivity index (χ4n) is 2.59. The lowest BCUT2D eigenvalue weighted by Gasteiger charge is -2.18. The maximum atomic E-state index is 12.2. The number of hydrogen-bond acceptors (Lipinski definition) is 2. The largest absolute Gasteiger partial charge is 0.338 e. The number of fused-ring (bicyclic) bond motifs is 1. The first kappa shape index (κ1) is 15.6. The third-order valence-electron chi connectivity index (χ3n) is 3.84. The predicted octanol–water partition coefficient (Wildman–Crippen LogP) is 4.29. The number of carbonyl (C=O) groups excluding carboxylic acids is 1. The molecule has 23 heavy (non-hydrogen) atoms. The van der Waals surface area contributed by atoms with Crippen LogP contribution in [0.15, 0.2) is 60.0 Å². The summed E-state index contributed by atoms with van der Waals surface area (Å²) >= 11 is 1.76. The Labute approximate surface area is 140 Å². The summed E-state index contributed by atoms with van der Waals surface area (Å²) in [5.74, 6) is 0. The maximum Gasteiger partial charge on any atom is 0.317 e. The van der Waals surface area contributed by atoms with E-state index in [1.165, 1.54) is 15.6 Å². The Morgan fingerprint density at radius 2 is 1.83 bits per heavy atom. The molecular weight excluding hydrogens is 304 g/mol. The number of nitrogens with one attached hydrogen (secondary N) is 1. The van der Waals surface area contributed by atoms with Gasteiger partial charge in [-0.3, -0.25) is 0 Å². The summed E-state index contributed by atoms with van der Waals surface area (Å²) < 4.78 is 1.30. The van der Waals surface area contributed by atoms with Gasteiger partial charge in [0.2, 0.25) is 0 Å². The lowest BCUT2D eigenvalue weighted by Crippen LogP contribution is -2.37. The monoisotopic (exact) mass is 324 g/mol. The van der Waals surface area contributed by atoms with E-state index in [2.05, 4.69) is 35.0 Å². The maximum absolute atomic E-state index is 12.2. The van der Waals surface area contributed by atoms with Crippen LogP contribution in [0.2, 0.25) is 0 Å². The molecule has 0 bridgehead atoms. The van der Waals surface area contributed by atoms with E-state index in [1.54, 1.807) is 16.2 Å². The minimum Gasteiger partial charge on any atom is -0.338 e. The van der Waals surface area contributed by atoms with Crippen molar-refractivity contribution in [2.45, 2.75) is 13.0 Å². The zero-order valence-corrected chi connectivity index (χ0v) is 14.0. The first-order valence-electron chi connectivity index (χ1n) is 7.72. The minimum atomic E-state index is -0.0339. The van der Waals surface area contributed by atoms with Gasteiger partial charge in [0.25, 0.3) is 0 Å². The number of thiophene rings is 1. The zero-order valence-electron chi connectivity index (χ0n) is 13.2. The third kappa shape index (κ3) is 3.90. The quantitative estimate of drug-likeness (QED) is 0.746. The van der Waals surface area contributed by atoms with Crippen LogP contribution >= 0.6 is 11.3 Å². The van der Waals surface area contributed by atoms with Crippen molar-refractivity contribution in [2.75, 3.05) is 13.6 Å². The number of urea groups is 1. The van der Waals surface area contributed by atoms with Crippen LogP contribution < -0.4 is 5.32 Å². The first-order valence-corrected chi connectivity index (χ1v) is 8.60. The molecule has 0 aliphatic rings.